The van der Waals surface area contributed by atoms with Crippen LogP contribution in [0.25, 0.3) is 0 Å². The van der Waals surface area contributed by atoms with Gasteiger partial charge in [-0.05, 0) is 51.0 Å². The van der Waals surface area contributed by atoms with Gasteiger partial charge in [0.05, 0.1) is 12.2 Å². The summed E-state index contributed by atoms with van der Waals surface area (Å²) in [5, 5.41) is 0. The van der Waals surface area contributed by atoms with Gasteiger partial charge in [0.25, 0.3) is 5.91 Å². The summed E-state index contributed by atoms with van der Waals surface area (Å²) in [5.74, 6) is 1.54. The molecule has 2 amide bonds. The maximum atomic E-state index is 13.1. The van der Waals surface area contributed by atoms with Crippen LogP contribution in [0.3, 0.4) is 0 Å². The first kappa shape index (κ1) is 19.9. The molecule has 1 aromatic rings. The summed E-state index contributed by atoms with van der Waals surface area (Å²) in [6.07, 6.45) is 3.22. The molecule has 1 atom stereocenters. The largest absolute Gasteiger partial charge is 0.383 e. The fourth-order valence-corrected chi connectivity index (χ4v) is 4.76. The number of carbonyl (C=O) groups excluding carboxylic acids is 2. The lowest BCUT2D eigenvalue weighted by Crippen LogP contribution is -2.39. The number of piperidine rings is 1. The molecule has 2 aliphatic heterocycles. The van der Waals surface area contributed by atoms with Crippen LogP contribution in [0.4, 0.5) is 0 Å². The number of rotatable bonds is 5. The van der Waals surface area contributed by atoms with Crippen molar-refractivity contribution < 1.29 is 14.3 Å². The van der Waals surface area contributed by atoms with Crippen molar-refractivity contribution in [2.45, 2.75) is 46.6 Å². The minimum Gasteiger partial charge on any atom is -0.383 e. The van der Waals surface area contributed by atoms with E-state index in [0.717, 1.165) is 68.9 Å². The lowest BCUT2D eigenvalue weighted by molar-refractivity contribution is -0.130. The fourth-order valence-electron chi connectivity index (χ4n) is 4.76. The third-order valence-corrected chi connectivity index (χ3v) is 6.49. The zero-order valence-corrected chi connectivity index (χ0v) is 17.2. The van der Waals surface area contributed by atoms with Gasteiger partial charge in [-0.25, -0.2) is 0 Å². The van der Waals surface area contributed by atoms with Gasteiger partial charge in [-0.1, -0.05) is 0 Å². The molecule has 1 unspecified atom stereocenters. The Bertz CT molecular complexity index is 689. The predicted octanol–water partition coefficient (Wildman–Crippen LogP) is 2.47. The zero-order valence-electron chi connectivity index (χ0n) is 17.2. The standard InChI is InChI=1S/C21H33N3O3/c1-15-13-20(16(2)24(15)11-12-27-4)21(26)23-10-7-19(14-23)18-5-8-22(9-6-18)17(3)25/h13,18-19H,5-12,14H2,1-4H3. The van der Waals surface area contributed by atoms with Gasteiger partial charge in [-0.15, -0.1) is 0 Å². The number of ether oxygens (including phenoxy) is 1. The number of methoxy groups -OCH3 is 1. The molecule has 0 aromatic carbocycles. The Morgan fingerprint density at radius 2 is 1.70 bits per heavy atom. The highest BCUT2D eigenvalue weighted by atomic mass is 16.5. The predicted molar refractivity (Wildman–Crippen MR) is 105 cm³/mol. The average molecular weight is 376 g/mol. The molecule has 3 rings (SSSR count). The Morgan fingerprint density at radius 1 is 1.07 bits per heavy atom. The summed E-state index contributed by atoms with van der Waals surface area (Å²) in [6, 6.07) is 2.02. The van der Waals surface area contributed by atoms with Crippen molar-refractivity contribution in [1.29, 1.82) is 0 Å². The molecule has 6 heteroatoms. The second-order valence-electron chi connectivity index (χ2n) is 8.07. The molecule has 2 saturated heterocycles. The molecule has 6 nitrogen and oxygen atoms in total. The summed E-state index contributed by atoms with van der Waals surface area (Å²) >= 11 is 0. The van der Waals surface area contributed by atoms with E-state index in [9.17, 15) is 9.59 Å². The van der Waals surface area contributed by atoms with E-state index in [1.165, 1.54) is 0 Å². The molecule has 0 N–H and O–H groups in total. The Labute approximate surface area is 162 Å². The molecule has 1 aromatic heterocycles. The summed E-state index contributed by atoms with van der Waals surface area (Å²) in [5.41, 5.74) is 2.98. The molecule has 3 heterocycles. The molecule has 150 valence electrons. The van der Waals surface area contributed by atoms with E-state index in [1.54, 1.807) is 14.0 Å². The number of nitrogens with zero attached hydrogens (tertiary/aromatic N) is 3. The lowest BCUT2D eigenvalue weighted by Gasteiger charge is -2.34. The molecule has 0 aliphatic carbocycles. The normalized spacial score (nSPS) is 21.1. The fraction of sp³-hybridized carbons (Fsp3) is 0.714. The molecule has 0 bridgehead atoms. The van der Waals surface area contributed by atoms with Gasteiger partial charge >= 0.3 is 0 Å². The van der Waals surface area contributed by atoms with Gasteiger partial charge in [0.1, 0.15) is 0 Å². The third kappa shape index (κ3) is 4.21. The van der Waals surface area contributed by atoms with Crippen LogP contribution < -0.4 is 0 Å². The molecular formula is C21H33N3O3. The molecule has 2 fully saturated rings. The Morgan fingerprint density at radius 3 is 2.33 bits per heavy atom. The Hall–Kier alpha value is -1.82. The van der Waals surface area contributed by atoms with E-state index in [2.05, 4.69) is 11.5 Å². The van der Waals surface area contributed by atoms with Gasteiger partial charge < -0.3 is 19.1 Å². The highest BCUT2D eigenvalue weighted by Crippen LogP contribution is 2.33. The maximum absolute atomic E-state index is 13.1. The van der Waals surface area contributed by atoms with Crippen molar-refractivity contribution in [3.05, 3.63) is 23.0 Å². The molecule has 2 aliphatic rings. The summed E-state index contributed by atoms with van der Waals surface area (Å²) in [6.45, 7) is 10.6. The maximum Gasteiger partial charge on any atom is 0.255 e. The average Bonchev–Trinajstić information content (AvgIpc) is 3.25. The molecule has 0 saturated carbocycles. The van der Waals surface area contributed by atoms with Crippen molar-refractivity contribution in [3.63, 3.8) is 0 Å². The monoisotopic (exact) mass is 375 g/mol. The van der Waals surface area contributed by atoms with E-state index in [0.29, 0.717) is 18.4 Å². The second-order valence-corrected chi connectivity index (χ2v) is 8.07. The topological polar surface area (TPSA) is 54.8 Å². The minimum absolute atomic E-state index is 0.162. The molecular weight excluding hydrogens is 342 g/mol. The number of hydrogen-bond acceptors (Lipinski definition) is 3. The van der Waals surface area contributed by atoms with E-state index in [4.69, 9.17) is 4.74 Å². The summed E-state index contributed by atoms with van der Waals surface area (Å²) in [7, 11) is 1.70. The highest BCUT2D eigenvalue weighted by Gasteiger charge is 2.35. The number of carbonyl (C=O) groups is 2. The van der Waals surface area contributed by atoms with Crippen molar-refractivity contribution in [2.75, 3.05) is 39.9 Å². The van der Waals surface area contributed by atoms with Gasteiger partial charge in [0.2, 0.25) is 5.91 Å². The first-order valence-electron chi connectivity index (χ1n) is 10.1. The van der Waals surface area contributed by atoms with Crippen molar-refractivity contribution in [2.24, 2.45) is 11.8 Å². The van der Waals surface area contributed by atoms with Gasteiger partial charge in [0, 0.05) is 58.1 Å². The summed E-state index contributed by atoms with van der Waals surface area (Å²) in [4.78, 5) is 28.6. The summed E-state index contributed by atoms with van der Waals surface area (Å²) < 4.78 is 7.36. The van der Waals surface area contributed by atoms with Crippen molar-refractivity contribution in [3.8, 4) is 0 Å². The number of likely N-dealkylation sites (tertiary alicyclic amines) is 2. The van der Waals surface area contributed by atoms with Crippen LogP contribution in [-0.4, -0.2) is 66.1 Å². The van der Waals surface area contributed by atoms with Crippen LogP contribution in [0.1, 0.15) is 47.9 Å². The Balaban J connectivity index is 1.61. The zero-order chi connectivity index (χ0) is 19.6. The van der Waals surface area contributed by atoms with E-state index < -0.39 is 0 Å². The Kier molecular flexibility index (Phi) is 6.25. The number of amides is 2. The number of aromatic nitrogens is 1. The number of hydrogen-bond donors (Lipinski definition) is 0. The molecule has 0 radical (unpaired) electrons. The van der Waals surface area contributed by atoms with Gasteiger partial charge in [-0.2, -0.15) is 0 Å². The SMILES string of the molecule is COCCn1c(C)cc(C(=O)N2CCC(C3CCN(C(C)=O)CC3)C2)c1C. The van der Waals surface area contributed by atoms with Crippen LogP contribution >= 0.6 is 0 Å². The first-order chi connectivity index (χ1) is 12.9. The lowest BCUT2D eigenvalue weighted by atomic mass is 9.84. The van der Waals surface area contributed by atoms with E-state index in [-0.39, 0.29) is 11.8 Å². The third-order valence-electron chi connectivity index (χ3n) is 6.49. The molecule has 27 heavy (non-hydrogen) atoms. The van der Waals surface area contributed by atoms with Crippen LogP contribution in [0.15, 0.2) is 6.07 Å². The van der Waals surface area contributed by atoms with E-state index in [1.807, 2.05) is 22.8 Å². The van der Waals surface area contributed by atoms with Crippen LogP contribution in [0, 0.1) is 25.7 Å². The van der Waals surface area contributed by atoms with Gasteiger partial charge in [0.15, 0.2) is 0 Å². The minimum atomic E-state index is 0.162. The van der Waals surface area contributed by atoms with Crippen molar-refractivity contribution in [1.82, 2.24) is 14.4 Å². The smallest absolute Gasteiger partial charge is 0.255 e. The number of aryl methyl sites for hydroxylation is 1. The quantitative estimate of drug-likeness (QED) is 0.794. The van der Waals surface area contributed by atoms with Crippen molar-refractivity contribution >= 4 is 11.8 Å². The van der Waals surface area contributed by atoms with Crippen LogP contribution in [0.2, 0.25) is 0 Å². The molecule has 0 spiro atoms. The first-order valence-corrected chi connectivity index (χ1v) is 10.1. The van der Waals surface area contributed by atoms with Crippen LogP contribution in [0.5, 0.6) is 0 Å². The van der Waals surface area contributed by atoms with Crippen LogP contribution in [-0.2, 0) is 16.1 Å². The second kappa shape index (κ2) is 8.46. The van der Waals surface area contributed by atoms with Gasteiger partial charge in [-0.3, -0.25) is 9.59 Å². The highest BCUT2D eigenvalue weighted by molar-refractivity contribution is 5.96. The van der Waals surface area contributed by atoms with E-state index >= 15 is 0 Å².